The predicted octanol–water partition coefficient (Wildman–Crippen LogP) is 1.86. The van der Waals surface area contributed by atoms with Crippen LogP contribution in [0.2, 0.25) is 0 Å². The van der Waals surface area contributed by atoms with Crippen LogP contribution >= 0.6 is 23.1 Å². The molecule has 3 rings (SSSR count). The second-order valence-corrected chi connectivity index (χ2v) is 6.09. The highest BCUT2D eigenvalue weighted by Gasteiger charge is 2.19. The van der Waals surface area contributed by atoms with E-state index in [9.17, 15) is 0 Å². The summed E-state index contributed by atoms with van der Waals surface area (Å²) in [6.45, 7) is 0. The molecule has 1 aliphatic rings. The van der Waals surface area contributed by atoms with Gasteiger partial charge in [0, 0.05) is 11.3 Å². The molecule has 0 amide bonds. The number of fused-ring (bicyclic) bond motifs is 1. The summed E-state index contributed by atoms with van der Waals surface area (Å²) in [4.78, 5) is 4.63. The van der Waals surface area contributed by atoms with Crippen LogP contribution in [-0.2, 0) is 12.8 Å². The van der Waals surface area contributed by atoms with Gasteiger partial charge in [-0.1, -0.05) is 11.3 Å². The Hall–Kier alpha value is -1.47. The largest absolute Gasteiger partial charge is 0.384 e. The van der Waals surface area contributed by atoms with Crippen LogP contribution in [0.1, 0.15) is 23.2 Å². The molecule has 5 nitrogen and oxygen atoms in total. The molecule has 7 heteroatoms. The molecule has 3 N–H and O–H groups in total. The van der Waals surface area contributed by atoms with Crippen LogP contribution in [0.15, 0.2) is 20.9 Å². The number of hydrogen-bond donors (Lipinski definition) is 2. The molecule has 0 saturated carbocycles. The van der Waals surface area contributed by atoms with E-state index in [-0.39, 0.29) is 5.84 Å². The van der Waals surface area contributed by atoms with Crippen LogP contribution in [0.25, 0.3) is 0 Å². The van der Waals surface area contributed by atoms with Crippen LogP contribution in [-0.4, -0.2) is 21.0 Å². The maximum Gasteiger partial charge on any atom is 0.180 e. The molecule has 0 saturated heterocycles. The van der Waals surface area contributed by atoms with Gasteiger partial charge in [-0.2, -0.15) is 0 Å². The second kappa shape index (κ2) is 4.66. The zero-order valence-corrected chi connectivity index (χ0v) is 11.1. The van der Waals surface area contributed by atoms with Crippen molar-refractivity contribution in [1.82, 2.24) is 15.2 Å². The average Bonchev–Trinajstić information content (AvgIpc) is 2.97. The van der Waals surface area contributed by atoms with Gasteiger partial charge in [0.2, 0.25) is 0 Å². The third-order valence-corrected chi connectivity index (χ3v) is 4.61. The number of hydrogen-bond acceptors (Lipinski definition) is 6. The fraction of sp³-hybridized carbons (Fsp3) is 0.273. The van der Waals surface area contributed by atoms with Gasteiger partial charge in [-0.25, -0.2) is 4.98 Å². The molecule has 18 heavy (non-hydrogen) atoms. The minimum Gasteiger partial charge on any atom is -0.384 e. The Morgan fingerprint density at radius 2 is 2.33 bits per heavy atom. The Labute approximate surface area is 112 Å². The zero-order chi connectivity index (χ0) is 12.5. The summed E-state index contributed by atoms with van der Waals surface area (Å²) in [5, 5.41) is 16.2. The quantitative estimate of drug-likeness (QED) is 0.660. The monoisotopic (exact) mass is 277 g/mol. The molecule has 0 atom stereocenters. The first-order valence-corrected chi connectivity index (χ1v) is 7.25. The number of amidine groups is 1. The van der Waals surface area contributed by atoms with Crippen molar-refractivity contribution in [3.63, 3.8) is 0 Å². The summed E-state index contributed by atoms with van der Waals surface area (Å²) >= 11 is 2.89. The van der Waals surface area contributed by atoms with E-state index in [0.29, 0.717) is 5.56 Å². The molecule has 2 heterocycles. The Kier molecular flexibility index (Phi) is 3.00. The number of nitrogens with one attached hydrogen (secondary N) is 1. The summed E-state index contributed by atoms with van der Waals surface area (Å²) in [6, 6.07) is 2.00. The lowest BCUT2D eigenvalue weighted by Gasteiger charge is -2.08. The van der Waals surface area contributed by atoms with E-state index in [1.807, 2.05) is 6.07 Å². The molecule has 0 aliphatic heterocycles. The van der Waals surface area contributed by atoms with Gasteiger partial charge in [0.1, 0.15) is 16.4 Å². The Balaban J connectivity index is 2.03. The number of pyridine rings is 1. The molecule has 2 aromatic heterocycles. The molecule has 0 aromatic carbocycles. The maximum atomic E-state index is 7.66. The number of nitrogen functional groups attached to an aromatic ring is 1. The highest BCUT2D eigenvalue weighted by Crippen LogP contribution is 2.32. The van der Waals surface area contributed by atoms with Crippen molar-refractivity contribution in [3.8, 4) is 0 Å². The normalized spacial score (nSPS) is 13.6. The first-order valence-electron chi connectivity index (χ1n) is 5.55. The summed E-state index contributed by atoms with van der Waals surface area (Å²) in [5.74, 6) is 0.0595. The van der Waals surface area contributed by atoms with Crippen molar-refractivity contribution in [2.24, 2.45) is 5.73 Å². The van der Waals surface area contributed by atoms with Gasteiger partial charge >= 0.3 is 0 Å². The summed E-state index contributed by atoms with van der Waals surface area (Å²) in [7, 11) is 0. The van der Waals surface area contributed by atoms with Gasteiger partial charge in [-0.05, 0) is 42.7 Å². The minimum absolute atomic E-state index is 0.0595. The van der Waals surface area contributed by atoms with Crippen molar-refractivity contribution < 1.29 is 0 Å². The van der Waals surface area contributed by atoms with Crippen LogP contribution in [0.5, 0.6) is 0 Å². The van der Waals surface area contributed by atoms with E-state index in [0.717, 1.165) is 34.3 Å². The van der Waals surface area contributed by atoms with E-state index in [2.05, 4.69) is 15.2 Å². The third kappa shape index (κ3) is 2.11. The molecule has 92 valence electrons. The summed E-state index contributed by atoms with van der Waals surface area (Å²) < 4.78 is 0.822. The predicted molar refractivity (Wildman–Crippen MR) is 71.3 cm³/mol. The van der Waals surface area contributed by atoms with Crippen molar-refractivity contribution in [3.05, 3.63) is 28.4 Å². The van der Waals surface area contributed by atoms with Gasteiger partial charge < -0.3 is 5.73 Å². The fourth-order valence-electron chi connectivity index (χ4n) is 2.01. The van der Waals surface area contributed by atoms with Crippen molar-refractivity contribution in [1.29, 1.82) is 5.41 Å². The number of rotatable bonds is 3. The first kappa shape index (κ1) is 11.6. The highest BCUT2D eigenvalue weighted by molar-refractivity contribution is 8.01. The molecular weight excluding hydrogens is 266 g/mol. The molecule has 0 fully saturated rings. The van der Waals surface area contributed by atoms with Crippen molar-refractivity contribution in [2.45, 2.75) is 28.6 Å². The fourth-order valence-corrected chi connectivity index (χ4v) is 3.54. The summed E-state index contributed by atoms with van der Waals surface area (Å²) in [5.41, 5.74) is 10.4. The van der Waals surface area contributed by atoms with Gasteiger partial charge in [0.15, 0.2) is 4.34 Å². The Bertz CT molecular complexity index is 594. The van der Waals surface area contributed by atoms with Crippen LogP contribution in [0, 0.1) is 5.41 Å². The molecule has 2 aromatic rings. The maximum absolute atomic E-state index is 7.66. The van der Waals surface area contributed by atoms with E-state index in [4.69, 9.17) is 11.1 Å². The van der Waals surface area contributed by atoms with Gasteiger partial charge in [-0.3, -0.25) is 5.41 Å². The van der Waals surface area contributed by atoms with E-state index < -0.39 is 0 Å². The van der Waals surface area contributed by atoms with Crippen LogP contribution in [0.4, 0.5) is 0 Å². The smallest absolute Gasteiger partial charge is 0.180 e. The van der Waals surface area contributed by atoms with E-state index in [1.165, 1.54) is 28.7 Å². The molecule has 1 aliphatic carbocycles. The number of nitrogens with two attached hydrogens (primary N) is 1. The second-order valence-electron chi connectivity index (χ2n) is 4.02. The molecule has 0 unspecified atom stereocenters. The SMILES string of the molecule is N=C(N)c1cc2c(nc1Sc1nncs1)CCC2. The molecule has 0 radical (unpaired) electrons. The number of aromatic nitrogens is 3. The van der Waals surface area contributed by atoms with E-state index >= 15 is 0 Å². The van der Waals surface area contributed by atoms with Gasteiger partial charge in [0.25, 0.3) is 0 Å². The lowest BCUT2D eigenvalue weighted by atomic mass is 10.1. The Morgan fingerprint density at radius 1 is 1.44 bits per heavy atom. The first-order chi connectivity index (χ1) is 8.74. The van der Waals surface area contributed by atoms with Crippen LogP contribution < -0.4 is 5.73 Å². The topological polar surface area (TPSA) is 88.5 Å². The highest BCUT2D eigenvalue weighted by atomic mass is 32.2. The summed E-state index contributed by atoms with van der Waals surface area (Å²) in [6.07, 6.45) is 3.18. The molecule has 0 bridgehead atoms. The minimum atomic E-state index is 0.0595. The zero-order valence-electron chi connectivity index (χ0n) is 9.51. The Morgan fingerprint density at radius 3 is 3.06 bits per heavy atom. The van der Waals surface area contributed by atoms with Crippen molar-refractivity contribution >= 4 is 28.9 Å². The molecular formula is C11H11N5S2. The number of aryl methyl sites for hydroxylation is 2. The van der Waals surface area contributed by atoms with Gasteiger partial charge in [-0.15, -0.1) is 10.2 Å². The third-order valence-electron chi connectivity index (χ3n) is 2.83. The lowest BCUT2D eigenvalue weighted by molar-refractivity contribution is 0.890. The van der Waals surface area contributed by atoms with Gasteiger partial charge in [0.05, 0.1) is 0 Å². The number of nitrogens with zero attached hydrogens (tertiary/aromatic N) is 3. The molecule has 0 spiro atoms. The van der Waals surface area contributed by atoms with Crippen LogP contribution in [0.3, 0.4) is 0 Å². The van der Waals surface area contributed by atoms with E-state index in [1.54, 1.807) is 5.51 Å². The average molecular weight is 277 g/mol. The van der Waals surface area contributed by atoms with Crippen molar-refractivity contribution in [2.75, 3.05) is 0 Å². The lowest BCUT2D eigenvalue weighted by Crippen LogP contribution is -2.14. The standard InChI is InChI=1S/C11H11N5S2/c12-9(13)7-4-6-2-1-3-8(6)15-10(7)18-11-16-14-5-17-11/h4-5H,1-3H2,(H3,12,13).